The Morgan fingerprint density at radius 2 is 1.48 bits per heavy atom. The summed E-state index contributed by atoms with van der Waals surface area (Å²) in [4.78, 5) is 25.9. The SMILES string of the molecule is Cc1ccc(C(=O)N[C@H]2C(=O)N/[N+](=C\c3ccc(C(C)C)cc3)[C@H]2c2ccc(C)cc2)cc1. The van der Waals surface area contributed by atoms with Crippen molar-refractivity contribution in [2.24, 2.45) is 0 Å². The van der Waals surface area contributed by atoms with Crippen molar-refractivity contribution in [2.75, 3.05) is 0 Å². The van der Waals surface area contributed by atoms with Crippen LogP contribution in [-0.4, -0.2) is 28.8 Å². The second kappa shape index (κ2) is 9.41. The van der Waals surface area contributed by atoms with Gasteiger partial charge in [0.1, 0.15) is 0 Å². The molecule has 0 spiro atoms. The number of aryl methyl sites for hydroxylation is 2. The summed E-state index contributed by atoms with van der Waals surface area (Å²) in [6.07, 6.45) is 1.92. The number of amides is 2. The van der Waals surface area contributed by atoms with Gasteiger partial charge in [0.05, 0.1) is 0 Å². The quantitative estimate of drug-likeness (QED) is 0.576. The van der Waals surface area contributed by atoms with Gasteiger partial charge in [-0.3, -0.25) is 9.59 Å². The van der Waals surface area contributed by atoms with Crippen LogP contribution >= 0.6 is 0 Å². The first-order valence-corrected chi connectivity index (χ1v) is 11.3. The van der Waals surface area contributed by atoms with Gasteiger partial charge in [0.15, 0.2) is 6.04 Å². The van der Waals surface area contributed by atoms with Gasteiger partial charge in [0.25, 0.3) is 5.91 Å². The molecule has 33 heavy (non-hydrogen) atoms. The highest BCUT2D eigenvalue weighted by atomic mass is 16.2. The molecule has 5 nitrogen and oxygen atoms in total. The van der Waals surface area contributed by atoms with E-state index in [0.29, 0.717) is 11.5 Å². The molecule has 1 saturated heterocycles. The molecule has 1 aliphatic rings. The number of carbonyl (C=O) groups is 2. The fourth-order valence-corrected chi connectivity index (χ4v) is 4.00. The maximum Gasteiger partial charge on any atom is 0.304 e. The van der Waals surface area contributed by atoms with Crippen molar-refractivity contribution in [1.82, 2.24) is 10.7 Å². The van der Waals surface area contributed by atoms with Crippen molar-refractivity contribution in [3.8, 4) is 0 Å². The van der Waals surface area contributed by atoms with Crippen LogP contribution in [0.5, 0.6) is 0 Å². The summed E-state index contributed by atoms with van der Waals surface area (Å²) in [5.74, 6) is -0.0568. The van der Waals surface area contributed by atoms with E-state index in [0.717, 1.165) is 22.3 Å². The Hall–Kier alpha value is -3.73. The van der Waals surface area contributed by atoms with E-state index >= 15 is 0 Å². The molecule has 2 amide bonds. The van der Waals surface area contributed by atoms with Crippen LogP contribution in [0.4, 0.5) is 0 Å². The van der Waals surface area contributed by atoms with Crippen molar-refractivity contribution in [3.05, 3.63) is 106 Å². The van der Waals surface area contributed by atoms with Crippen molar-refractivity contribution in [1.29, 1.82) is 0 Å². The van der Waals surface area contributed by atoms with Gasteiger partial charge < -0.3 is 5.32 Å². The molecule has 2 N–H and O–H groups in total. The molecule has 0 saturated carbocycles. The summed E-state index contributed by atoms with van der Waals surface area (Å²) in [7, 11) is 0. The average Bonchev–Trinajstić information content (AvgIpc) is 3.09. The molecule has 3 aromatic carbocycles. The fraction of sp³-hybridized carbons (Fsp3) is 0.250. The number of hydrogen-bond acceptors (Lipinski definition) is 2. The lowest BCUT2D eigenvalue weighted by atomic mass is 9.98. The summed E-state index contributed by atoms with van der Waals surface area (Å²) >= 11 is 0. The lowest BCUT2D eigenvalue weighted by Gasteiger charge is -2.15. The van der Waals surface area contributed by atoms with E-state index in [1.165, 1.54) is 5.56 Å². The summed E-state index contributed by atoms with van der Waals surface area (Å²) < 4.78 is 1.80. The lowest BCUT2D eigenvalue weighted by molar-refractivity contribution is -0.596. The highest BCUT2D eigenvalue weighted by Gasteiger charge is 2.47. The molecule has 0 bridgehead atoms. The minimum Gasteiger partial charge on any atom is -0.334 e. The fourth-order valence-electron chi connectivity index (χ4n) is 4.00. The zero-order chi connectivity index (χ0) is 23.5. The molecule has 5 heteroatoms. The molecule has 3 aromatic rings. The molecule has 1 aliphatic heterocycles. The molecule has 1 heterocycles. The van der Waals surface area contributed by atoms with Gasteiger partial charge >= 0.3 is 5.91 Å². The molecule has 2 atom stereocenters. The van der Waals surface area contributed by atoms with E-state index in [-0.39, 0.29) is 17.9 Å². The Morgan fingerprint density at radius 3 is 2.06 bits per heavy atom. The van der Waals surface area contributed by atoms with Gasteiger partial charge in [-0.1, -0.05) is 73.5 Å². The third kappa shape index (κ3) is 5.03. The van der Waals surface area contributed by atoms with Gasteiger partial charge in [0.2, 0.25) is 12.3 Å². The second-order valence-electron chi connectivity index (χ2n) is 9.01. The first-order valence-electron chi connectivity index (χ1n) is 11.3. The Balaban J connectivity index is 1.68. The third-order valence-electron chi connectivity index (χ3n) is 6.05. The standard InChI is InChI=1S/C28H29N3O2/c1-18(2)22-15-9-21(10-16-22)17-31-26(23-11-5-19(3)6-12-23)25(28(33)30-31)29-27(32)24-13-7-20(4)8-14-24/h5-18,25-26H,1-4H3,(H-,29,30,32,33)/p+1/b31-17-/t25-,26+/m1/s1. The van der Waals surface area contributed by atoms with E-state index < -0.39 is 6.04 Å². The number of hydrogen-bond donors (Lipinski definition) is 2. The summed E-state index contributed by atoms with van der Waals surface area (Å²) in [5.41, 5.74) is 8.87. The molecule has 0 aliphatic carbocycles. The monoisotopic (exact) mass is 440 g/mol. The van der Waals surface area contributed by atoms with Crippen molar-refractivity contribution < 1.29 is 14.3 Å². The van der Waals surface area contributed by atoms with E-state index in [2.05, 4.69) is 36.7 Å². The first kappa shape index (κ1) is 22.5. The van der Waals surface area contributed by atoms with Gasteiger partial charge in [-0.2, -0.15) is 0 Å². The van der Waals surface area contributed by atoms with Gasteiger partial charge in [-0.25, -0.2) is 0 Å². The topological polar surface area (TPSA) is 61.2 Å². The van der Waals surface area contributed by atoms with Crippen LogP contribution < -0.4 is 10.7 Å². The minimum atomic E-state index is -0.729. The van der Waals surface area contributed by atoms with Gasteiger partial charge in [-0.15, -0.1) is 10.1 Å². The zero-order valence-electron chi connectivity index (χ0n) is 19.5. The number of benzene rings is 3. The molecular formula is C28H30N3O2+. The maximum absolute atomic E-state index is 13.0. The molecular weight excluding hydrogens is 410 g/mol. The predicted octanol–water partition coefficient (Wildman–Crippen LogP) is 4.44. The first-order chi connectivity index (χ1) is 15.8. The number of rotatable bonds is 5. The lowest BCUT2D eigenvalue weighted by Crippen LogP contribution is -2.42. The number of hydrazine groups is 1. The van der Waals surface area contributed by atoms with Crippen LogP contribution in [0.2, 0.25) is 0 Å². The molecule has 168 valence electrons. The molecule has 0 aromatic heterocycles. The maximum atomic E-state index is 13.0. The second-order valence-corrected chi connectivity index (χ2v) is 9.01. The smallest absolute Gasteiger partial charge is 0.304 e. The normalized spacial score (nSPS) is 19.1. The molecule has 1 fully saturated rings. The van der Waals surface area contributed by atoms with E-state index in [1.807, 2.05) is 68.6 Å². The Bertz CT molecular complexity index is 1180. The van der Waals surface area contributed by atoms with Crippen LogP contribution in [-0.2, 0) is 4.79 Å². The van der Waals surface area contributed by atoms with Crippen molar-refractivity contribution >= 4 is 18.0 Å². The van der Waals surface area contributed by atoms with E-state index in [1.54, 1.807) is 16.8 Å². The summed E-state index contributed by atoms with van der Waals surface area (Å²) in [6.45, 7) is 8.32. The number of carbonyl (C=O) groups excluding carboxylic acids is 2. The molecule has 0 unspecified atom stereocenters. The molecule has 0 radical (unpaired) electrons. The number of hydrazone groups is 1. The Kier molecular flexibility index (Phi) is 6.40. The van der Waals surface area contributed by atoms with Crippen LogP contribution in [0.15, 0.2) is 72.8 Å². The number of nitrogens with zero attached hydrogens (tertiary/aromatic N) is 1. The highest BCUT2D eigenvalue weighted by molar-refractivity contribution is 5.98. The predicted molar refractivity (Wildman–Crippen MR) is 130 cm³/mol. The largest absolute Gasteiger partial charge is 0.334 e. The van der Waals surface area contributed by atoms with Crippen molar-refractivity contribution in [3.63, 3.8) is 0 Å². The third-order valence-corrected chi connectivity index (χ3v) is 6.05. The zero-order valence-corrected chi connectivity index (χ0v) is 19.5. The van der Waals surface area contributed by atoms with Gasteiger partial charge in [-0.05, 0) is 49.6 Å². The van der Waals surface area contributed by atoms with Crippen LogP contribution in [0.1, 0.15) is 64.0 Å². The van der Waals surface area contributed by atoms with Crippen molar-refractivity contribution in [2.45, 2.75) is 45.7 Å². The van der Waals surface area contributed by atoms with E-state index in [9.17, 15) is 9.59 Å². The van der Waals surface area contributed by atoms with Crippen LogP contribution in [0.3, 0.4) is 0 Å². The average molecular weight is 441 g/mol. The molecule has 4 rings (SSSR count). The highest BCUT2D eigenvalue weighted by Crippen LogP contribution is 2.26. The Morgan fingerprint density at radius 1 is 0.909 bits per heavy atom. The minimum absolute atomic E-state index is 0.240. The number of nitrogens with one attached hydrogen (secondary N) is 2. The van der Waals surface area contributed by atoms with E-state index in [4.69, 9.17) is 0 Å². The Labute approximate surface area is 195 Å². The van der Waals surface area contributed by atoms with Gasteiger partial charge in [0, 0.05) is 16.7 Å². The summed E-state index contributed by atoms with van der Waals surface area (Å²) in [6, 6.07) is 22.6. The summed E-state index contributed by atoms with van der Waals surface area (Å²) in [5, 5.41) is 2.95. The van der Waals surface area contributed by atoms with Crippen LogP contribution in [0.25, 0.3) is 0 Å². The van der Waals surface area contributed by atoms with Crippen LogP contribution in [0, 0.1) is 13.8 Å².